The highest BCUT2D eigenvalue weighted by Gasteiger charge is 2.39. The zero-order valence-electron chi connectivity index (χ0n) is 9.75. The molecule has 1 amide bonds. The smallest absolute Gasteiger partial charge is 0.223 e. The standard InChI is InChI=1S/C12H22N2O/c1-8-6-11(8)12(15)14-9(2)10-4-3-5-13-7-10/h8-11,13H,3-7H2,1-2H3,(H,14,15). The summed E-state index contributed by atoms with van der Waals surface area (Å²) in [6.07, 6.45) is 3.57. The molecule has 4 unspecified atom stereocenters. The van der Waals surface area contributed by atoms with Gasteiger partial charge in [-0.15, -0.1) is 0 Å². The molecule has 2 N–H and O–H groups in total. The molecule has 1 aliphatic heterocycles. The van der Waals surface area contributed by atoms with E-state index in [2.05, 4.69) is 24.5 Å². The minimum absolute atomic E-state index is 0.278. The van der Waals surface area contributed by atoms with Crippen molar-refractivity contribution in [3.05, 3.63) is 0 Å². The Morgan fingerprint density at radius 3 is 2.80 bits per heavy atom. The molecular weight excluding hydrogens is 188 g/mol. The second kappa shape index (κ2) is 4.52. The third-order valence-electron chi connectivity index (χ3n) is 3.86. The van der Waals surface area contributed by atoms with E-state index >= 15 is 0 Å². The fourth-order valence-corrected chi connectivity index (χ4v) is 2.44. The van der Waals surface area contributed by atoms with E-state index in [4.69, 9.17) is 0 Å². The highest BCUT2D eigenvalue weighted by molar-refractivity contribution is 5.81. The summed E-state index contributed by atoms with van der Waals surface area (Å²) in [6.45, 7) is 6.48. The summed E-state index contributed by atoms with van der Waals surface area (Å²) in [5, 5.41) is 6.55. The molecule has 0 aromatic carbocycles. The van der Waals surface area contributed by atoms with Gasteiger partial charge in [-0.2, -0.15) is 0 Å². The number of carbonyl (C=O) groups is 1. The molecule has 2 aliphatic rings. The van der Waals surface area contributed by atoms with E-state index in [9.17, 15) is 4.79 Å². The van der Waals surface area contributed by atoms with Gasteiger partial charge in [-0.3, -0.25) is 4.79 Å². The van der Waals surface area contributed by atoms with Crippen LogP contribution in [0.5, 0.6) is 0 Å². The van der Waals surface area contributed by atoms with E-state index in [0.29, 0.717) is 23.8 Å². The minimum Gasteiger partial charge on any atom is -0.353 e. The fourth-order valence-electron chi connectivity index (χ4n) is 2.44. The molecule has 0 bridgehead atoms. The lowest BCUT2D eigenvalue weighted by Gasteiger charge is -2.29. The molecule has 0 radical (unpaired) electrons. The highest BCUT2D eigenvalue weighted by atomic mass is 16.2. The number of amides is 1. The predicted octanol–water partition coefficient (Wildman–Crippen LogP) is 1.15. The van der Waals surface area contributed by atoms with Gasteiger partial charge in [0.1, 0.15) is 0 Å². The average molecular weight is 210 g/mol. The molecule has 1 heterocycles. The second-order valence-corrected chi connectivity index (χ2v) is 5.22. The van der Waals surface area contributed by atoms with Crippen molar-refractivity contribution in [3.8, 4) is 0 Å². The normalized spacial score (nSPS) is 37.1. The predicted molar refractivity (Wildman–Crippen MR) is 60.5 cm³/mol. The Morgan fingerprint density at radius 2 is 2.27 bits per heavy atom. The number of rotatable bonds is 3. The third kappa shape index (κ3) is 2.71. The van der Waals surface area contributed by atoms with Gasteiger partial charge in [-0.1, -0.05) is 6.92 Å². The van der Waals surface area contributed by atoms with Crippen molar-refractivity contribution in [2.45, 2.75) is 39.2 Å². The van der Waals surface area contributed by atoms with E-state index in [0.717, 1.165) is 19.5 Å². The summed E-state index contributed by atoms with van der Waals surface area (Å²) in [6, 6.07) is 0.332. The molecule has 0 spiro atoms. The van der Waals surface area contributed by atoms with Gasteiger partial charge < -0.3 is 10.6 Å². The summed E-state index contributed by atoms with van der Waals surface area (Å²) in [4.78, 5) is 11.7. The van der Waals surface area contributed by atoms with Crippen LogP contribution in [0.25, 0.3) is 0 Å². The van der Waals surface area contributed by atoms with Crippen LogP contribution in [-0.4, -0.2) is 25.0 Å². The molecule has 2 fully saturated rings. The molecule has 15 heavy (non-hydrogen) atoms. The van der Waals surface area contributed by atoms with Gasteiger partial charge >= 0.3 is 0 Å². The van der Waals surface area contributed by atoms with Crippen LogP contribution in [0.2, 0.25) is 0 Å². The average Bonchev–Trinajstić information content (AvgIpc) is 2.97. The Kier molecular flexibility index (Phi) is 3.29. The van der Waals surface area contributed by atoms with Crippen molar-refractivity contribution < 1.29 is 4.79 Å². The van der Waals surface area contributed by atoms with Crippen LogP contribution < -0.4 is 10.6 Å². The Balaban J connectivity index is 1.75. The van der Waals surface area contributed by atoms with Crippen LogP contribution in [0.15, 0.2) is 0 Å². The van der Waals surface area contributed by atoms with E-state index < -0.39 is 0 Å². The van der Waals surface area contributed by atoms with Gasteiger partial charge in [-0.25, -0.2) is 0 Å². The number of carbonyl (C=O) groups excluding carboxylic acids is 1. The lowest BCUT2D eigenvalue weighted by atomic mass is 9.92. The van der Waals surface area contributed by atoms with Crippen molar-refractivity contribution in [2.75, 3.05) is 13.1 Å². The van der Waals surface area contributed by atoms with Gasteiger partial charge in [0, 0.05) is 12.0 Å². The van der Waals surface area contributed by atoms with Crippen molar-refractivity contribution in [1.82, 2.24) is 10.6 Å². The van der Waals surface area contributed by atoms with E-state index in [1.165, 1.54) is 12.8 Å². The molecule has 1 aliphatic carbocycles. The number of nitrogens with one attached hydrogen (secondary N) is 2. The summed E-state index contributed by atoms with van der Waals surface area (Å²) in [7, 11) is 0. The summed E-state index contributed by atoms with van der Waals surface area (Å²) >= 11 is 0. The topological polar surface area (TPSA) is 41.1 Å². The fraction of sp³-hybridized carbons (Fsp3) is 0.917. The molecule has 0 aromatic heterocycles. The largest absolute Gasteiger partial charge is 0.353 e. The van der Waals surface area contributed by atoms with Crippen LogP contribution >= 0.6 is 0 Å². The number of hydrogen-bond donors (Lipinski definition) is 2. The molecular formula is C12H22N2O. The van der Waals surface area contributed by atoms with Gasteiger partial charge in [0.2, 0.25) is 5.91 Å². The second-order valence-electron chi connectivity index (χ2n) is 5.22. The van der Waals surface area contributed by atoms with Gasteiger partial charge in [0.05, 0.1) is 0 Å². The van der Waals surface area contributed by atoms with Crippen molar-refractivity contribution in [1.29, 1.82) is 0 Å². The maximum absolute atomic E-state index is 11.7. The first-order valence-electron chi connectivity index (χ1n) is 6.19. The zero-order chi connectivity index (χ0) is 10.8. The molecule has 3 heteroatoms. The van der Waals surface area contributed by atoms with Crippen LogP contribution in [0.1, 0.15) is 33.1 Å². The van der Waals surface area contributed by atoms with Crippen molar-refractivity contribution >= 4 is 5.91 Å². The lowest BCUT2D eigenvalue weighted by molar-refractivity contribution is -0.123. The van der Waals surface area contributed by atoms with Crippen molar-refractivity contribution in [2.24, 2.45) is 17.8 Å². The summed E-state index contributed by atoms with van der Waals surface area (Å²) < 4.78 is 0. The third-order valence-corrected chi connectivity index (χ3v) is 3.86. The monoisotopic (exact) mass is 210 g/mol. The molecule has 2 rings (SSSR count). The summed E-state index contributed by atoms with van der Waals surface area (Å²) in [5.74, 6) is 1.82. The van der Waals surface area contributed by atoms with Crippen LogP contribution in [0.3, 0.4) is 0 Å². The van der Waals surface area contributed by atoms with Crippen LogP contribution in [0.4, 0.5) is 0 Å². The highest BCUT2D eigenvalue weighted by Crippen LogP contribution is 2.37. The Morgan fingerprint density at radius 1 is 1.53 bits per heavy atom. The Hall–Kier alpha value is -0.570. The van der Waals surface area contributed by atoms with E-state index in [1.807, 2.05) is 0 Å². The molecule has 1 saturated carbocycles. The molecule has 1 saturated heterocycles. The molecule has 86 valence electrons. The van der Waals surface area contributed by atoms with E-state index in [1.54, 1.807) is 0 Å². The van der Waals surface area contributed by atoms with Gasteiger partial charge in [-0.05, 0) is 51.1 Å². The van der Waals surface area contributed by atoms with Gasteiger partial charge in [0.25, 0.3) is 0 Å². The SMILES string of the molecule is CC1CC1C(=O)NC(C)C1CCCNC1. The first-order chi connectivity index (χ1) is 7.18. The van der Waals surface area contributed by atoms with Crippen LogP contribution in [0, 0.1) is 17.8 Å². The molecule has 0 aromatic rings. The van der Waals surface area contributed by atoms with E-state index in [-0.39, 0.29) is 5.91 Å². The van der Waals surface area contributed by atoms with Crippen LogP contribution in [-0.2, 0) is 4.79 Å². The first-order valence-corrected chi connectivity index (χ1v) is 6.19. The Bertz CT molecular complexity index is 236. The maximum Gasteiger partial charge on any atom is 0.223 e. The summed E-state index contributed by atoms with van der Waals surface area (Å²) in [5.41, 5.74) is 0. The number of hydrogen-bond acceptors (Lipinski definition) is 2. The Labute approximate surface area is 92.0 Å². The molecule has 4 atom stereocenters. The quantitative estimate of drug-likeness (QED) is 0.733. The number of piperidine rings is 1. The lowest BCUT2D eigenvalue weighted by Crippen LogP contribution is -2.45. The van der Waals surface area contributed by atoms with Gasteiger partial charge in [0.15, 0.2) is 0 Å². The van der Waals surface area contributed by atoms with Crippen molar-refractivity contribution in [3.63, 3.8) is 0 Å². The minimum atomic E-state index is 0.278. The zero-order valence-corrected chi connectivity index (χ0v) is 9.75. The molecule has 3 nitrogen and oxygen atoms in total. The first kappa shape index (κ1) is 10.9. The maximum atomic E-state index is 11.7.